The Kier molecular flexibility index (Phi) is 3.52. The topological polar surface area (TPSA) is 0 Å². The maximum absolute atomic E-state index is 2.43. The van der Waals surface area contributed by atoms with E-state index < -0.39 is 0 Å². The van der Waals surface area contributed by atoms with Gasteiger partial charge in [-0.3, -0.25) is 0 Å². The van der Waals surface area contributed by atoms with Gasteiger partial charge in [-0.2, -0.15) is 0 Å². The summed E-state index contributed by atoms with van der Waals surface area (Å²) in [6.07, 6.45) is 2.73. The summed E-state index contributed by atoms with van der Waals surface area (Å²) in [6, 6.07) is 22.2. The predicted octanol–water partition coefficient (Wildman–Crippen LogP) is 3.29. The third-order valence-corrected chi connectivity index (χ3v) is 7.24. The Morgan fingerprint density at radius 1 is 0.833 bits per heavy atom. The Morgan fingerprint density at radius 2 is 1.44 bits per heavy atom. The van der Waals surface area contributed by atoms with Crippen molar-refractivity contribution in [3.8, 4) is 0 Å². The van der Waals surface area contributed by atoms with Crippen molar-refractivity contribution in [1.82, 2.24) is 0 Å². The Balaban J connectivity index is 1.96. The van der Waals surface area contributed by atoms with Crippen LogP contribution in [0.4, 0.5) is 0 Å². The number of benzene rings is 2. The molecule has 0 aliphatic carbocycles. The normalized spacial score (nSPS) is 27.2. The molecule has 3 rings (SSSR count). The van der Waals surface area contributed by atoms with Crippen LogP contribution in [0.5, 0.6) is 0 Å². The summed E-state index contributed by atoms with van der Waals surface area (Å²) in [7, 11) is 2.39. The molecular formula is C16H18BP. The molecule has 1 aliphatic rings. The minimum atomic E-state index is -0.0412. The van der Waals surface area contributed by atoms with Gasteiger partial charge < -0.3 is 0 Å². The van der Waals surface area contributed by atoms with Crippen LogP contribution in [-0.2, 0) is 0 Å². The van der Waals surface area contributed by atoms with Crippen LogP contribution in [0.3, 0.4) is 0 Å². The molecule has 0 radical (unpaired) electrons. The highest BCUT2D eigenvalue weighted by atomic mass is 31.1. The lowest BCUT2D eigenvalue weighted by atomic mass is 9.98. The lowest BCUT2D eigenvalue weighted by Gasteiger charge is -2.24. The van der Waals surface area contributed by atoms with E-state index in [9.17, 15) is 0 Å². The Bertz CT molecular complexity index is 497. The average Bonchev–Trinajstić information content (AvgIpc) is 2.83. The SMILES string of the molecule is BC1CCC(c2ccccc2)P1c1ccccc1. The highest BCUT2D eigenvalue weighted by molar-refractivity contribution is 7.68. The van der Waals surface area contributed by atoms with Gasteiger partial charge in [0.25, 0.3) is 0 Å². The Morgan fingerprint density at radius 3 is 2.11 bits per heavy atom. The van der Waals surface area contributed by atoms with Crippen molar-refractivity contribution < 1.29 is 0 Å². The molecule has 2 aromatic carbocycles. The minimum Gasteiger partial charge on any atom is -0.0726 e. The van der Waals surface area contributed by atoms with E-state index in [1.165, 1.54) is 18.4 Å². The first-order valence-corrected chi connectivity index (χ1v) is 8.22. The van der Waals surface area contributed by atoms with Gasteiger partial charge in [0, 0.05) is 5.66 Å². The molecular weight excluding hydrogens is 234 g/mol. The zero-order valence-corrected chi connectivity index (χ0v) is 11.7. The maximum atomic E-state index is 2.43. The van der Waals surface area contributed by atoms with Crippen molar-refractivity contribution in [2.45, 2.75) is 24.1 Å². The molecule has 0 aromatic heterocycles. The van der Waals surface area contributed by atoms with Crippen LogP contribution in [0.1, 0.15) is 24.1 Å². The first-order valence-electron chi connectivity index (χ1n) is 6.74. The first kappa shape index (κ1) is 12.0. The van der Waals surface area contributed by atoms with Crippen LogP contribution in [0, 0.1) is 0 Å². The summed E-state index contributed by atoms with van der Waals surface area (Å²) < 4.78 is 0. The molecule has 2 heteroatoms. The monoisotopic (exact) mass is 252 g/mol. The molecule has 3 unspecified atom stereocenters. The molecule has 0 nitrogen and oxygen atoms in total. The van der Waals surface area contributed by atoms with Crippen LogP contribution >= 0.6 is 7.92 Å². The van der Waals surface area contributed by atoms with Gasteiger partial charge >= 0.3 is 0 Å². The summed E-state index contributed by atoms with van der Waals surface area (Å²) in [5.41, 5.74) is 3.16. The Labute approximate surface area is 112 Å². The molecule has 1 heterocycles. The molecule has 0 bridgehead atoms. The molecule has 3 atom stereocenters. The average molecular weight is 252 g/mol. The zero-order chi connectivity index (χ0) is 12.4. The van der Waals surface area contributed by atoms with Gasteiger partial charge in [0.1, 0.15) is 7.85 Å². The molecule has 2 aromatic rings. The number of rotatable bonds is 2. The van der Waals surface area contributed by atoms with Crippen molar-refractivity contribution in [2.24, 2.45) is 0 Å². The molecule has 18 heavy (non-hydrogen) atoms. The molecule has 0 spiro atoms. The fourth-order valence-electron chi connectivity index (χ4n) is 3.02. The van der Waals surface area contributed by atoms with E-state index in [0.717, 1.165) is 11.2 Å². The van der Waals surface area contributed by atoms with Gasteiger partial charge in [0.2, 0.25) is 0 Å². The van der Waals surface area contributed by atoms with E-state index in [1.54, 1.807) is 5.30 Å². The predicted molar refractivity (Wildman–Crippen MR) is 83.7 cm³/mol. The van der Waals surface area contributed by atoms with E-state index >= 15 is 0 Å². The van der Waals surface area contributed by atoms with E-state index in [0.29, 0.717) is 0 Å². The van der Waals surface area contributed by atoms with Crippen molar-refractivity contribution in [3.63, 3.8) is 0 Å². The molecule has 0 saturated carbocycles. The maximum Gasteiger partial charge on any atom is 0.111 e. The standard InChI is InChI=1S/C16H18BP/c17-16-12-11-15(13-7-3-1-4-8-13)18(16)14-9-5-2-6-10-14/h1-10,15-16H,11-12,17H2. The van der Waals surface area contributed by atoms with Gasteiger partial charge in [0.15, 0.2) is 0 Å². The van der Waals surface area contributed by atoms with Crippen LogP contribution in [0.15, 0.2) is 60.7 Å². The second kappa shape index (κ2) is 5.28. The fraction of sp³-hybridized carbons (Fsp3) is 0.250. The van der Waals surface area contributed by atoms with Gasteiger partial charge in [-0.25, -0.2) is 0 Å². The summed E-state index contributed by atoms with van der Waals surface area (Å²) in [5, 5.41) is 1.58. The third-order valence-electron chi connectivity index (χ3n) is 3.91. The fourth-order valence-corrected chi connectivity index (χ4v) is 6.37. The van der Waals surface area contributed by atoms with E-state index in [4.69, 9.17) is 0 Å². The highest BCUT2D eigenvalue weighted by Crippen LogP contribution is 2.61. The van der Waals surface area contributed by atoms with Gasteiger partial charge in [0.05, 0.1) is 0 Å². The summed E-state index contributed by atoms with van der Waals surface area (Å²) in [6.45, 7) is 0. The van der Waals surface area contributed by atoms with Gasteiger partial charge in [-0.15, -0.1) is 0 Å². The summed E-state index contributed by atoms with van der Waals surface area (Å²) >= 11 is 0. The Hall–Kier alpha value is -1.07. The van der Waals surface area contributed by atoms with Crippen molar-refractivity contribution in [3.05, 3.63) is 66.2 Å². The van der Waals surface area contributed by atoms with Crippen molar-refractivity contribution in [2.75, 3.05) is 0 Å². The lowest BCUT2D eigenvalue weighted by Crippen LogP contribution is -2.11. The smallest absolute Gasteiger partial charge is 0.0726 e. The number of hydrogen-bond acceptors (Lipinski definition) is 0. The van der Waals surface area contributed by atoms with Crippen molar-refractivity contribution in [1.29, 1.82) is 0 Å². The third kappa shape index (κ3) is 2.25. The van der Waals surface area contributed by atoms with Crippen LogP contribution in [0.2, 0.25) is 0 Å². The zero-order valence-electron chi connectivity index (χ0n) is 10.8. The number of hydrogen-bond donors (Lipinski definition) is 0. The molecule has 1 saturated heterocycles. The van der Waals surface area contributed by atoms with Gasteiger partial charge in [-0.1, -0.05) is 75.0 Å². The van der Waals surface area contributed by atoms with Crippen LogP contribution in [-0.4, -0.2) is 13.4 Å². The summed E-state index contributed by atoms with van der Waals surface area (Å²) in [4.78, 5) is 0. The van der Waals surface area contributed by atoms with E-state index in [1.807, 2.05) is 0 Å². The van der Waals surface area contributed by atoms with Gasteiger partial charge in [-0.05, 0) is 22.8 Å². The van der Waals surface area contributed by atoms with E-state index in [2.05, 4.69) is 68.5 Å². The second-order valence-electron chi connectivity index (χ2n) is 5.10. The van der Waals surface area contributed by atoms with Crippen LogP contribution < -0.4 is 5.30 Å². The largest absolute Gasteiger partial charge is 0.111 e. The minimum absolute atomic E-state index is 0.0412. The quantitative estimate of drug-likeness (QED) is 0.568. The highest BCUT2D eigenvalue weighted by Gasteiger charge is 2.34. The molecule has 0 amide bonds. The molecule has 1 fully saturated rings. The first-order chi connectivity index (χ1) is 8.86. The van der Waals surface area contributed by atoms with Crippen molar-refractivity contribution >= 4 is 21.1 Å². The van der Waals surface area contributed by atoms with E-state index in [-0.39, 0.29) is 7.92 Å². The molecule has 0 N–H and O–H groups in total. The molecule has 1 aliphatic heterocycles. The lowest BCUT2D eigenvalue weighted by molar-refractivity contribution is 0.813. The van der Waals surface area contributed by atoms with Crippen LogP contribution in [0.25, 0.3) is 0 Å². The molecule has 90 valence electrons. The second-order valence-corrected chi connectivity index (χ2v) is 7.93. The summed E-state index contributed by atoms with van der Waals surface area (Å²) in [5.74, 6) is 0.